The van der Waals surface area contributed by atoms with E-state index in [0.29, 0.717) is 0 Å². The molecule has 1 heteroatoms. The molecule has 0 heterocycles. The molecule has 0 atom stereocenters. The first-order valence-electron chi connectivity index (χ1n) is 8.13. The van der Waals surface area contributed by atoms with Crippen LogP contribution in [0.1, 0.15) is 52.8 Å². The Morgan fingerprint density at radius 3 is 1.64 bits per heavy atom. The summed E-state index contributed by atoms with van der Waals surface area (Å²) >= 11 is 0. The van der Waals surface area contributed by atoms with Gasteiger partial charge in [-0.15, -0.1) is 0 Å². The maximum atomic E-state index is 12.9. The van der Waals surface area contributed by atoms with Crippen molar-refractivity contribution in [2.75, 3.05) is 0 Å². The molecule has 0 bridgehead atoms. The Hall–Kier alpha value is -1.63. The Labute approximate surface area is 135 Å². The third-order valence-corrected chi connectivity index (χ3v) is 4.31. The largest absolute Gasteiger partial charge is 0.207 e. The quantitative estimate of drug-likeness (QED) is 0.621. The van der Waals surface area contributed by atoms with Crippen molar-refractivity contribution in [3.05, 3.63) is 69.0 Å². The fourth-order valence-corrected chi connectivity index (χ4v) is 3.18. The van der Waals surface area contributed by atoms with Gasteiger partial charge >= 0.3 is 0 Å². The summed E-state index contributed by atoms with van der Waals surface area (Å²) in [5, 5.41) is 0. The second kappa shape index (κ2) is 8.12. The molecule has 0 unspecified atom stereocenters. The van der Waals surface area contributed by atoms with Crippen LogP contribution in [0.2, 0.25) is 0 Å². The van der Waals surface area contributed by atoms with Gasteiger partial charge in [-0.1, -0.05) is 37.6 Å². The zero-order chi connectivity index (χ0) is 16.9. The molecule has 0 aliphatic carbocycles. The Morgan fingerprint density at radius 2 is 1.23 bits per heavy atom. The summed E-state index contributed by atoms with van der Waals surface area (Å²) in [6.07, 6.45) is 2.06. The highest BCUT2D eigenvalue weighted by Gasteiger charge is 2.04. The summed E-state index contributed by atoms with van der Waals surface area (Å²) in [4.78, 5) is 0. The van der Waals surface area contributed by atoms with Gasteiger partial charge in [-0.05, 0) is 86.9 Å². The molecule has 0 amide bonds. The monoisotopic (exact) mass is 300 g/mol. The van der Waals surface area contributed by atoms with Crippen LogP contribution in [0.4, 0.5) is 4.39 Å². The van der Waals surface area contributed by atoms with Crippen LogP contribution < -0.4 is 0 Å². The van der Waals surface area contributed by atoms with Crippen LogP contribution in [0.3, 0.4) is 0 Å². The van der Waals surface area contributed by atoms with Gasteiger partial charge in [-0.3, -0.25) is 0 Å². The minimum absolute atomic E-state index is 0.0903. The van der Waals surface area contributed by atoms with Crippen molar-refractivity contribution in [3.63, 3.8) is 0 Å². The van der Waals surface area contributed by atoms with E-state index in [1.54, 1.807) is 0 Å². The molecule has 0 N–H and O–H groups in total. The number of hydrogen-bond acceptors (Lipinski definition) is 0. The molecule has 2 aromatic rings. The lowest BCUT2D eigenvalue weighted by atomic mass is 9.98. The Morgan fingerprint density at radius 1 is 0.727 bits per heavy atom. The van der Waals surface area contributed by atoms with Crippen molar-refractivity contribution in [2.45, 2.75) is 61.3 Å². The SMILES string of the molecule is CCc1c(C)cc(C)cc1C.CCc1c(C)ccc(F)c1C. The van der Waals surface area contributed by atoms with Crippen LogP contribution in [0, 0.1) is 40.4 Å². The number of hydrogen-bond donors (Lipinski definition) is 0. The molecule has 0 nitrogen and oxygen atoms in total. The van der Waals surface area contributed by atoms with Crippen molar-refractivity contribution < 1.29 is 4.39 Å². The molecule has 0 aliphatic rings. The first-order chi connectivity index (χ1) is 10.3. The zero-order valence-corrected chi connectivity index (χ0v) is 15.1. The van der Waals surface area contributed by atoms with Crippen molar-refractivity contribution in [1.82, 2.24) is 0 Å². The highest BCUT2D eigenvalue weighted by atomic mass is 19.1. The lowest BCUT2D eigenvalue weighted by Crippen LogP contribution is -1.94. The van der Waals surface area contributed by atoms with Crippen LogP contribution in [0.15, 0.2) is 24.3 Å². The number of rotatable bonds is 2. The van der Waals surface area contributed by atoms with Crippen molar-refractivity contribution in [3.8, 4) is 0 Å². The standard InChI is InChI=1S/C11H16.C10H13F/c1-5-11-9(3)6-8(2)7-10(11)4;1-4-9-7(2)5-6-10(11)8(9)3/h6-7H,5H2,1-4H3;5-6H,4H2,1-3H3. The van der Waals surface area contributed by atoms with Gasteiger partial charge in [0.2, 0.25) is 0 Å². The fourth-order valence-electron chi connectivity index (χ4n) is 3.18. The molecule has 120 valence electrons. The molecule has 0 radical (unpaired) electrons. The molecule has 0 saturated carbocycles. The molecule has 0 aliphatic heterocycles. The van der Waals surface area contributed by atoms with E-state index < -0.39 is 0 Å². The predicted molar refractivity (Wildman–Crippen MR) is 95.3 cm³/mol. The summed E-state index contributed by atoms with van der Waals surface area (Å²) in [5.74, 6) is -0.0903. The van der Waals surface area contributed by atoms with Gasteiger partial charge in [-0.2, -0.15) is 0 Å². The summed E-state index contributed by atoms with van der Waals surface area (Å²) in [7, 11) is 0. The maximum Gasteiger partial charge on any atom is 0.126 e. The van der Waals surface area contributed by atoms with Gasteiger partial charge in [-0.25, -0.2) is 4.39 Å². The summed E-state index contributed by atoms with van der Waals surface area (Å²) < 4.78 is 12.9. The van der Waals surface area contributed by atoms with Crippen LogP contribution in [-0.2, 0) is 12.8 Å². The lowest BCUT2D eigenvalue weighted by Gasteiger charge is -2.08. The van der Waals surface area contributed by atoms with Crippen molar-refractivity contribution in [1.29, 1.82) is 0 Å². The number of benzene rings is 2. The Kier molecular flexibility index (Phi) is 6.80. The van der Waals surface area contributed by atoms with E-state index in [1.165, 1.54) is 33.9 Å². The van der Waals surface area contributed by atoms with Crippen molar-refractivity contribution >= 4 is 0 Å². The fraction of sp³-hybridized carbons (Fsp3) is 0.429. The second-order valence-corrected chi connectivity index (χ2v) is 6.05. The molecular weight excluding hydrogens is 271 g/mol. The van der Waals surface area contributed by atoms with E-state index in [9.17, 15) is 4.39 Å². The first kappa shape index (κ1) is 18.4. The van der Waals surface area contributed by atoms with E-state index >= 15 is 0 Å². The molecule has 0 aromatic heterocycles. The highest BCUT2D eigenvalue weighted by Crippen LogP contribution is 2.17. The predicted octanol–water partition coefficient (Wildman–Crippen LogP) is 6.18. The smallest absolute Gasteiger partial charge is 0.126 e. The maximum absolute atomic E-state index is 12.9. The average Bonchev–Trinajstić information content (AvgIpc) is 2.44. The number of aryl methyl sites for hydroxylation is 4. The molecule has 22 heavy (non-hydrogen) atoms. The molecule has 0 fully saturated rings. The van der Waals surface area contributed by atoms with Gasteiger partial charge in [0.1, 0.15) is 5.82 Å². The highest BCUT2D eigenvalue weighted by molar-refractivity contribution is 5.37. The lowest BCUT2D eigenvalue weighted by molar-refractivity contribution is 0.615. The van der Waals surface area contributed by atoms with Gasteiger partial charge in [0, 0.05) is 0 Å². The van der Waals surface area contributed by atoms with Gasteiger partial charge in [0.15, 0.2) is 0 Å². The van der Waals surface area contributed by atoms with E-state index in [1.807, 2.05) is 19.9 Å². The minimum Gasteiger partial charge on any atom is -0.207 e. The first-order valence-corrected chi connectivity index (χ1v) is 8.13. The van der Waals surface area contributed by atoms with Crippen LogP contribution in [0.5, 0.6) is 0 Å². The van der Waals surface area contributed by atoms with Gasteiger partial charge in [0.05, 0.1) is 0 Å². The molecule has 0 spiro atoms. The third kappa shape index (κ3) is 4.43. The third-order valence-electron chi connectivity index (χ3n) is 4.31. The average molecular weight is 300 g/mol. The van der Waals surface area contributed by atoms with Crippen molar-refractivity contribution in [2.24, 2.45) is 0 Å². The Balaban J connectivity index is 0.000000220. The van der Waals surface area contributed by atoms with E-state index in [4.69, 9.17) is 0 Å². The van der Waals surface area contributed by atoms with Gasteiger partial charge in [0.25, 0.3) is 0 Å². The zero-order valence-electron chi connectivity index (χ0n) is 15.1. The van der Waals surface area contributed by atoms with E-state index in [2.05, 4.69) is 46.8 Å². The summed E-state index contributed by atoms with van der Waals surface area (Å²) in [5.41, 5.74) is 8.88. The van der Waals surface area contributed by atoms with Crippen LogP contribution >= 0.6 is 0 Å². The molecule has 2 rings (SSSR count). The van der Waals surface area contributed by atoms with Crippen LogP contribution in [0.25, 0.3) is 0 Å². The van der Waals surface area contributed by atoms with Crippen LogP contribution in [-0.4, -0.2) is 0 Å². The number of halogens is 1. The molecular formula is C21H29F. The topological polar surface area (TPSA) is 0 Å². The summed E-state index contributed by atoms with van der Waals surface area (Å²) in [6, 6.07) is 7.88. The minimum atomic E-state index is -0.0903. The van der Waals surface area contributed by atoms with E-state index in [0.717, 1.165) is 24.0 Å². The molecule has 2 aromatic carbocycles. The Bertz CT molecular complexity index is 616. The summed E-state index contributed by atoms with van der Waals surface area (Å²) in [6.45, 7) is 14.7. The normalized spacial score (nSPS) is 10.2. The van der Waals surface area contributed by atoms with Gasteiger partial charge < -0.3 is 0 Å². The molecule has 0 saturated heterocycles. The van der Waals surface area contributed by atoms with E-state index in [-0.39, 0.29) is 5.82 Å². The second-order valence-electron chi connectivity index (χ2n) is 6.05.